The van der Waals surface area contributed by atoms with Crippen LogP contribution in [0.15, 0.2) is 53.5 Å². The molecule has 1 heterocycles. The van der Waals surface area contributed by atoms with Crippen molar-refractivity contribution in [3.63, 3.8) is 0 Å². The van der Waals surface area contributed by atoms with Crippen LogP contribution in [0.1, 0.15) is 45.7 Å². The Kier molecular flexibility index (Phi) is 5.17. The minimum atomic E-state index is 0.183. The molecule has 0 saturated carbocycles. The predicted molar refractivity (Wildman–Crippen MR) is 99.6 cm³/mol. The summed E-state index contributed by atoms with van der Waals surface area (Å²) in [5.41, 5.74) is 7.36. The molecule has 3 heteroatoms. The van der Waals surface area contributed by atoms with E-state index in [0.29, 0.717) is 0 Å². The summed E-state index contributed by atoms with van der Waals surface area (Å²) < 4.78 is 0. The summed E-state index contributed by atoms with van der Waals surface area (Å²) in [6.45, 7) is 10.9. The van der Waals surface area contributed by atoms with Crippen LogP contribution >= 0.6 is 15.9 Å². The van der Waals surface area contributed by atoms with Crippen molar-refractivity contribution < 1.29 is 0 Å². The zero-order chi connectivity index (χ0) is 16.3. The third-order valence-corrected chi connectivity index (χ3v) is 4.72. The molecular formula is C19H25BrN2. The maximum absolute atomic E-state index is 3.52. The zero-order valence-electron chi connectivity index (χ0n) is 14.0. The van der Waals surface area contributed by atoms with Crippen LogP contribution in [0.2, 0.25) is 0 Å². The molecule has 0 amide bonds. The van der Waals surface area contributed by atoms with Crippen molar-refractivity contribution >= 4 is 21.6 Å². The second kappa shape index (κ2) is 6.74. The molecule has 0 unspecified atom stereocenters. The van der Waals surface area contributed by atoms with Gasteiger partial charge in [0.05, 0.1) is 17.1 Å². The number of rotatable bonds is 2. The molecule has 1 aliphatic heterocycles. The first kappa shape index (κ1) is 16.9. The Balaban J connectivity index is 2.30. The summed E-state index contributed by atoms with van der Waals surface area (Å²) in [5, 5.41) is 7.80. The first-order chi connectivity index (χ1) is 10.4. The molecule has 0 atom stereocenters. The van der Waals surface area contributed by atoms with Gasteiger partial charge in [-0.15, -0.1) is 0 Å². The Morgan fingerprint density at radius 3 is 2.32 bits per heavy atom. The summed E-state index contributed by atoms with van der Waals surface area (Å²) in [6, 6.07) is 8.78. The Bertz CT molecular complexity index is 628. The van der Waals surface area contributed by atoms with E-state index in [0.717, 1.165) is 22.4 Å². The lowest BCUT2D eigenvalue weighted by Gasteiger charge is -2.25. The highest BCUT2D eigenvalue weighted by Gasteiger charge is 2.17. The highest BCUT2D eigenvalue weighted by Crippen LogP contribution is 2.26. The number of nitrogens with one attached hydrogen (secondary N) is 2. The number of benzene rings is 1. The highest BCUT2D eigenvalue weighted by molar-refractivity contribution is 9.09. The molecule has 0 fully saturated rings. The highest BCUT2D eigenvalue weighted by atomic mass is 79.9. The third kappa shape index (κ3) is 3.64. The minimum Gasteiger partial charge on any atom is -0.358 e. The van der Waals surface area contributed by atoms with Gasteiger partial charge in [-0.1, -0.05) is 67.0 Å². The first-order valence-corrected chi connectivity index (χ1v) is 8.76. The summed E-state index contributed by atoms with van der Waals surface area (Å²) >= 11 is 3.52. The number of halogens is 1. The van der Waals surface area contributed by atoms with E-state index >= 15 is 0 Å². The van der Waals surface area contributed by atoms with Crippen LogP contribution < -0.4 is 10.6 Å². The van der Waals surface area contributed by atoms with Crippen LogP contribution in [0.4, 0.5) is 0 Å². The number of allylic oxidation sites excluding steroid dienone is 2. The number of alkyl halides is 1. The van der Waals surface area contributed by atoms with Gasteiger partial charge in [-0.3, -0.25) is 0 Å². The average Bonchev–Trinajstić information content (AvgIpc) is 2.52. The fraction of sp³-hybridized carbons (Fsp3) is 0.368. The molecule has 0 aromatic heterocycles. The summed E-state index contributed by atoms with van der Waals surface area (Å²) in [7, 11) is 0. The van der Waals surface area contributed by atoms with Gasteiger partial charge in [-0.25, -0.2) is 0 Å². The van der Waals surface area contributed by atoms with E-state index in [1.165, 1.54) is 16.7 Å². The van der Waals surface area contributed by atoms with E-state index in [1.54, 1.807) is 0 Å². The van der Waals surface area contributed by atoms with Crippen LogP contribution in [0.5, 0.6) is 0 Å². The maximum Gasteiger partial charge on any atom is 0.0621 e. The van der Waals surface area contributed by atoms with Crippen molar-refractivity contribution in [1.29, 1.82) is 0 Å². The molecule has 1 aromatic rings. The van der Waals surface area contributed by atoms with Gasteiger partial charge in [0.1, 0.15) is 0 Å². The average molecular weight is 361 g/mol. The van der Waals surface area contributed by atoms with Crippen molar-refractivity contribution in [2.75, 3.05) is 5.33 Å². The van der Waals surface area contributed by atoms with Gasteiger partial charge in [0.2, 0.25) is 0 Å². The summed E-state index contributed by atoms with van der Waals surface area (Å²) in [4.78, 5) is 0. The summed E-state index contributed by atoms with van der Waals surface area (Å²) in [5.74, 6) is 0. The van der Waals surface area contributed by atoms with E-state index in [1.807, 2.05) is 6.20 Å². The predicted octanol–water partition coefficient (Wildman–Crippen LogP) is 5.05. The topological polar surface area (TPSA) is 24.1 Å². The van der Waals surface area contributed by atoms with Gasteiger partial charge in [0.15, 0.2) is 0 Å². The molecule has 0 saturated heterocycles. The number of hydrogen-bond acceptors (Lipinski definition) is 2. The standard InChI is InChI=1S/C19H25BrN2/c1-6-16-18(13(2)11-20)21-12-17(22-16)14-7-9-15(10-8-14)19(3,4)5/h6-10,12,21-22H,11H2,1-5H3. The van der Waals surface area contributed by atoms with Gasteiger partial charge < -0.3 is 10.6 Å². The fourth-order valence-corrected chi connectivity index (χ4v) is 2.69. The molecule has 2 rings (SSSR count). The first-order valence-electron chi connectivity index (χ1n) is 7.64. The zero-order valence-corrected chi connectivity index (χ0v) is 15.6. The normalized spacial score (nSPS) is 19.4. The van der Waals surface area contributed by atoms with Crippen molar-refractivity contribution in [2.24, 2.45) is 0 Å². The van der Waals surface area contributed by atoms with E-state index in [9.17, 15) is 0 Å². The van der Waals surface area contributed by atoms with Crippen LogP contribution in [-0.4, -0.2) is 5.33 Å². The Labute approximate surface area is 142 Å². The van der Waals surface area contributed by atoms with Crippen LogP contribution in [-0.2, 0) is 5.41 Å². The van der Waals surface area contributed by atoms with Crippen LogP contribution in [0.25, 0.3) is 5.70 Å². The maximum atomic E-state index is 3.52. The van der Waals surface area contributed by atoms with Crippen molar-refractivity contribution in [2.45, 2.75) is 40.0 Å². The second-order valence-electron chi connectivity index (χ2n) is 6.65. The van der Waals surface area contributed by atoms with Gasteiger partial charge in [0, 0.05) is 11.5 Å². The molecule has 0 bridgehead atoms. The molecule has 22 heavy (non-hydrogen) atoms. The molecule has 1 aromatic carbocycles. The van der Waals surface area contributed by atoms with Gasteiger partial charge in [-0.2, -0.15) is 0 Å². The lowest BCUT2D eigenvalue weighted by molar-refractivity contribution is 0.590. The lowest BCUT2D eigenvalue weighted by atomic mass is 9.86. The lowest BCUT2D eigenvalue weighted by Crippen LogP contribution is -2.27. The molecule has 2 nitrogen and oxygen atoms in total. The van der Waals surface area contributed by atoms with E-state index < -0.39 is 0 Å². The molecule has 118 valence electrons. The van der Waals surface area contributed by atoms with Crippen LogP contribution in [0, 0.1) is 0 Å². The summed E-state index contributed by atoms with van der Waals surface area (Å²) in [6.07, 6.45) is 4.14. The molecule has 0 spiro atoms. The molecule has 1 aliphatic rings. The molecular weight excluding hydrogens is 336 g/mol. The van der Waals surface area contributed by atoms with E-state index in [2.05, 4.69) is 91.5 Å². The monoisotopic (exact) mass is 360 g/mol. The van der Waals surface area contributed by atoms with Crippen molar-refractivity contribution in [1.82, 2.24) is 10.6 Å². The SMILES string of the molecule is CC=C1NC(c2ccc(C(C)(C)C)cc2)=CNC1=C(C)CBr. The van der Waals surface area contributed by atoms with E-state index in [4.69, 9.17) is 0 Å². The van der Waals surface area contributed by atoms with Gasteiger partial charge in [0.25, 0.3) is 0 Å². The van der Waals surface area contributed by atoms with E-state index in [-0.39, 0.29) is 5.41 Å². The number of hydrogen-bond donors (Lipinski definition) is 2. The van der Waals surface area contributed by atoms with Crippen molar-refractivity contribution in [3.05, 3.63) is 64.6 Å². The largest absolute Gasteiger partial charge is 0.358 e. The van der Waals surface area contributed by atoms with Crippen LogP contribution in [0.3, 0.4) is 0 Å². The fourth-order valence-electron chi connectivity index (χ4n) is 2.41. The molecule has 0 aliphatic carbocycles. The van der Waals surface area contributed by atoms with Gasteiger partial charge in [-0.05, 0) is 36.0 Å². The second-order valence-corrected chi connectivity index (χ2v) is 7.21. The minimum absolute atomic E-state index is 0.183. The Morgan fingerprint density at radius 2 is 1.82 bits per heavy atom. The quantitative estimate of drug-likeness (QED) is 0.721. The Hall–Kier alpha value is -1.48. The molecule has 2 N–H and O–H groups in total. The Morgan fingerprint density at radius 1 is 1.18 bits per heavy atom. The van der Waals surface area contributed by atoms with Crippen molar-refractivity contribution in [3.8, 4) is 0 Å². The molecule has 0 radical (unpaired) electrons. The smallest absolute Gasteiger partial charge is 0.0621 e. The third-order valence-electron chi connectivity index (χ3n) is 3.88. The van der Waals surface area contributed by atoms with Gasteiger partial charge >= 0.3 is 0 Å².